The molecule has 2 fully saturated rings. The normalized spacial score (nSPS) is 28.2. The Morgan fingerprint density at radius 1 is 1.07 bits per heavy atom. The number of rotatable bonds is 1. The molecule has 0 aromatic carbocycles. The topological polar surface area (TPSA) is 20.3 Å². The van der Waals surface area contributed by atoms with Crippen molar-refractivity contribution in [3.05, 3.63) is 0 Å². The van der Waals surface area contributed by atoms with E-state index in [4.69, 9.17) is 0 Å². The molecule has 0 atom stereocenters. The Kier molecular flexibility index (Phi) is 3.22. The second-order valence-corrected chi connectivity index (χ2v) is 4.99. The number of hydrogen-bond acceptors (Lipinski definition) is 2. The molecule has 14 heavy (non-hydrogen) atoms. The van der Waals surface area contributed by atoms with Gasteiger partial charge < -0.3 is 4.90 Å². The molecule has 1 aliphatic heterocycles. The summed E-state index contributed by atoms with van der Waals surface area (Å²) < 4.78 is 0. The molecule has 0 spiro atoms. The lowest BCUT2D eigenvalue weighted by atomic mass is 9.90. The van der Waals surface area contributed by atoms with E-state index in [0.717, 1.165) is 37.6 Å². The van der Waals surface area contributed by atoms with Gasteiger partial charge in [0.1, 0.15) is 5.78 Å². The molecule has 0 bridgehead atoms. The minimum absolute atomic E-state index is 0.478. The zero-order valence-corrected chi connectivity index (χ0v) is 9.17. The van der Waals surface area contributed by atoms with Crippen LogP contribution in [-0.2, 0) is 4.79 Å². The first kappa shape index (κ1) is 10.2. The minimum atomic E-state index is 0.478. The Hall–Kier alpha value is -0.370. The van der Waals surface area contributed by atoms with Gasteiger partial charge in [0.15, 0.2) is 0 Å². The van der Waals surface area contributed by atoms with Crippen molar-refractivity contribution in [3.8, 4) is 0 Å². The van der Waals surface area contributed by atoms with E-state index in [1.807, 2.05) is 0 Å². The molecule has 2 rings (SSSR count). The van der Waals surface area contributed by atoms with Gasteiger partial charge in [0, 0.05) is 18.9 Å². The molecule has 2 nitrogen and oxygen atoms in total. The van der Waals surface area contributed by atoms with Crippen LogP contribution in [0.5, 0.6) is 0 Å². The summed E-state index contributed by atoms with van der Waals surface area (Å²) in [5, 5.41) is 0. The summed E-state index contributed by atoms with van der Waals surface area (Å²) in [6, 6.07) is 0.722. The van der Waals surface area contributed by atoms with Crippen molar-refractivity contribution < 1.29 is 4.79 Å². The average Bonchev–Trinajstić information content (AvgIpc) is 2.21. The van der Waals surface area contributed by atoms with E-state index in [0.29, 0.717) is 5.78 Å². The van der Waals surface area contributed by atoms with Crippen molar-refractivity contribution in [2.75, 3.05) is 13.1 Å². The van der Waals surface area contributed by atoms with Crippen LogP contribution in [0.1, 0.15) is 45.4 Å². The summed E-state index contributed by atoms with van der Waals surface area (Å²) in [6.45, 7) is 4.88. The second kappa shape index (κ2) is 4.43. The van der Waals surface area contributed by atoms with E-state index in [9.17, 15) is 4.79 Å². The fourth-order valence-electron chi connectivity index (χ4n) is 2.68. The van der Waals surface area contributed by atoms with Gasteiger partial charge in [-0.2, -0.15) is 0 Å². The van der Waals surface area contributed by atoms with Gasteiger partial charge >= 0.3 is 0 Å². The summed E-state index contributed by atoms with van der Waals surface area (Å²) in [4.78, 5) is 13.7. The highest BCUT2D eigenvalue weighted by molar-refractivity contribution is 5.79. The molecule has 1 heterocycles. The average molecular weight is 195 g/mol. The number of carbonyl (C=O) groups excluding carboxylic acids is 1. The van der Waals surface area contributed by atoms with Gasteiger partial charge in [-0.15, -0.1) is 0 Å². The summed E-state index contributed by atoms with van der Waals surface area (Å²) in [5.74, 6) is 1.39. The van der Waals surface area contributed by atoms with Gasteiger partial charge in [0.25, 0.3) is 0 Å². The molecule has 0 radical (unpaired) electrons. The summed E-state index contributed by atoms with van der Waals surface area (Å²) >= 11 is 0. The van der Waals surface area contributed by atoms with Crippen molar-refractivity contribution in [2.24, 2.45) is 5.92 Å². The van der Waals surface area contributed by atoms with Crippen molar-refractivity contribution in [2.45, 2.75) is 51.5 Å². The zero-order chi connectivity index (χ0) is 9.97. The molecule has 1 saturated heterocycles. The molecule has 2 heteroatoms. The Morgan fingerprint density at radius 2 is 1.64 bits per heavy atom. The standard InChI is InChI=1S/C12H21NO/c1-10-6-8-13(9-7-10)11-2-4-12(14)5-3-11/h10-11H,2-9H2,1H3. The van der Waals surface area contributed by atoms with Crippen LogP contribution in [0.25, 0.3) is 0 Å². The van der Waals surface area contributed by atoms with Crippen molar-refractivity contribution in [1.29, 1.82) is 0 Å². The van der Waals surface area contributed by atoms with Crippen LogP contribution in [0.4, 0.5) is 0 Å². The van der Waals surface area contributed by atoms with Gasteiger partial charge in [0.2, 0.25) is 0 Å². The monoisotopic (exact) mass is 195 g/mol. The molecule has 0 aromatic heterocycles. The van der Waals surface area contributed by atoms with Gasteiger partial charge in [0.05, 0.1) is 0 Å². The van der Waals surface area contributed by atoms with E-state index in [-0.39, 0.29) is 0 Å². The molecule has 80 valence electrons. The number of carbonyl (C=O) groups is 1. The van der Waals surface area contributed by atoms with Crippen LogP contribution < -0.4 is 0 Å². The first-order valence-corrected chi connectivity index (χ1v) is 6.01. The molecule has 1 saturated carbocycles. The van der Waals surface area contributed by atoms with Crippen molar-refractivity contribution >= 4 is 5.78 Å². The fourth-order valence-corrected chi connectivity index (χ4v) is 2.68. The van der Waals surface area contributed by atoms with E-state index >= 15 is 0 Å². The van der Waals surface area contributed by atoms with E-state index in [1.165, 1.54) is 25.9 Å². The maximum Gasteiger partial charge on any atom is 0.133 e. The Labute approximate surface area is 86.7 Å². The number of Topliss-reactive ketones (excluding diaryl/α,β-unsaturated/α-hetero) is 1. The highest BCUT2D eigenvalue weighted by Gasteiger charge is 2.26. The number of hydrogen-bond donors (Lipinski definition) is 0. The number of piperidine rings is 1. The predicted octanol–water partition coefficient (Wildman–Crippen LogP) is 2.23. The SMILES string of the molecule is CC1CCN(C2CCC(=O)CC2)CC1. The predicted molar refractivity (Wildman–Crippen MR) is 57.2 cm³/mol. The minimum Gasteiger partial charge on any atom is -0.300 e. The molecule has 0 aromatic rings. The van der Waals surface area contributed by atoms with Crippen LogP contribution in [0.15, 0.2) is 0 Å². The molecule has 0 amide bonds. The first-order chi connectivity index (χ1) is 6.75. The second-order valence-electron chi connectivity index (χ2n) is 4.99. The number of ketones is 1. The molecule has 0 unspecified atom stereocenters. The highest BCUT2D eigenvalue weighted by atomic mass is 16.1. The van der Waals surface area contributed by atoms with Crippen LogP contribution in [0.3, 0.4) is 0 Å². The lowest BCUT2D eigenvalue weighted by Crippen LogP contribution is -2.42. The molecule has 1 aliphatic carbocycles. The van der Waals surface area contributed by atoms with Crippen molar-refractivity contribution in [1.82, 2.24) is 4.90 Å². The van der Waals surface area contributed by atoms with Crippen molar-refractivity contribution in [3.63, 3.8) is 0 Å². The van der Waals surface area contributed by atoms with Gasteiger partial charge in [-0.25, -0.2) is 0 Å². The van der Waals surface area contributed by atoms with Gasteiger partial charge in [-0.05, 0) is 44.7 Å². The Bertz CT molecular complexity index is 196. The maximum absolute atomic E-state index is 11.1. The van der Waals surface area contributed by atoms with Crippen LogP contribution in [-0.4, -0.2) is 29.8 Å². The van der Waals surface area contributed by atoms with Crippen LogP contribution in [0, 0.1) is 5.92 Å². The number of nitrogens with zero attached hydrogens (tertiary/aromatic N) is 1. The Morgan fingerprint density at radius 3 is 2.21 bits per heavy atom. The third-order valence-corrected chi connectivity index (χ3v) is 3.85. The third kappa shape index (κ3) is 2.35. The largest absolute Gasteiger partial charge is 0.300 e. The van der Waals surface area contributed by atoms with Crippen LogP contribution in [0.2, 0.25) is 0 Å². The Balaban J connectivity index is 1.81. The third-order valence-electron chi connectivity index (χ3n) is 3.85. The van der Waals surface area contributed by atoms with E-state index in [1.54, 1.807) is 0 Å². The lowest BCUT2D eigenvalue weighted by Gasteiger charge is -2.38. The van der Waals surface area contributed by atoms with E-state index < -0.39 is 0 Å². The number of likely N-dealkylation sites (tertiary alicyclic amines) is 1. The van der Waals surface area contributed by atoms with E-state index in [2.05, 4.69) is 11.8 Å². The highest BCUT2D eigenvalue weighted by Crippen LogP contribution is 2.25. The molecular weight excluding hydrogens is 174 g/mol. The summed E-state index contributed by atoms with van der Waals surface area (Å²) in [5.41, 5.74) is 0. The zero-order valence-electron chi connectivity index (χ0n) is 9.17. The summed E-state index contributed by atoms with van der Waals surface area (Å²) in [6.07, 6.45) is 6.60. The maximum atomic E-state index is 11.1. The first-order valence-electron chi connectivity index (χ1n) is 6.01. The van der Waals surface area contributed by atoms with Crippen LogP contribution >= 0.6 is 0 Å². The molecule has 0 N–H and O–H groups in total. The summed E-state index contributed by atoms with van der Waals surface area (Å²) in [7, 11) is 0. The lowest BCUT2D eigenvalue weighted by molar-refractivity contribution is -0.121. The molecular formula is C12H21NO. The van der Waals surface area contributed by atoms with Gasteiger partial charge in [-0.1, -0.05) is 6.92 Å². The quantitative estimate of drug-likeness (QED) is 0.639. The fraction of sp³-hybridized carbons (Fsp3) is 0.917. The smallest absolute Gasteiger partial charge is 0.133 e. The van der Waals surface area contributed by atoms with Gasteiger partial charge in [-0.3, -0.25) is 4.79 Å². The molecule has 2 aliphatic rings.